The first-order valence-corrected chi connectivity index (χ1v) is 8.19. The number of benzene rings is 2. The molecule has 110 valence electrons. The van der Waals surface area contributed by atoms with E-state index in [0.717, 1.165) is 12.8 Å². The fraction of sp³-hybridized carbons (Fsp3) is 0.400. The van der Waals surface area contributed by atoms with Crippen LogP contribution in [0.1, 0.15) is 48.6 Å². The maximum Gasteiger partial charge on any atom is 0.0323 e. The molecule has 1 heteroatoms. The Hall–Kier alpha value is -1.60. The molecule has 1 unspecified atom stereocenters. The third kappa shape index (κ3) is 2.63. The first kappa shape index (κ1) is 14.3. The van der Waals surface area contributed by atoms with Crippen LogP contribution in [-0.2, 0) is 19.3 Å². The molecular formula is C20H25N. The number of hydrogen-bond donors (Lipinski definition) is 1. The maximum absolute atomic E-state index is 3.41. The number of fused-ring (bicyclic) bond motifs is 1. The minimum atomic E-state index is 0.544. The minimum Gasteiger partial charge on any atom is -0.313 e. The van der Waals surface area contributed by atoms with Crippen molar-refractivity contribution in [2.24, 2.45) is 0 Å². The van der Waals surface area contributed by atoms with Gasteiger partial charge in [0.25, 0.3) is 0 Å². The Labute approximate surface area is 128 Å². The molecular weight excluding hydrogens is 254 g/mol. The molecule has 0 bridgehead atoms. The van der Waals surface area contributed by atoms with E-state index in [0.29, 0.717) is 6.04 Å². The van der Waals surface area contributed by atoms with Gasteiger partial charge in [0.2, 0.25) is 0 Å². The second-order valence-corrected chi connectivity index (χ2v) is 5.98. The van der Waals surface area contributed by atoms with Crippen LogP contribution in [-0.4, -0.2) is 7.05 Å². The van der Waals surface area contributed by atoms with Crippen molar-refractivity contribution in [2.45, 2.75) is 45.6 Å². The van der Waals surface area contributed by atoms with Crippen LogP contribution in [0.5, 0.6) is 0 Å². The lowest BCUT2D eigenvalue weighted by molar-refractivity contribution is 0.590. The molecule has 0 spiro atoms. The second-order valence-electron chi connectivity index (χ2n) is 5.98. The lowest BCUT2D eigenvalue weighted by Crippen LogP contribution is -2.12. The molecule has 0 saturated carbocycles. The highest BCUT2D eigenvalue weighted by Gasteiger charge is 2.21. The van der Waals surface area contributed by atoms with E-state index in [4.69, 9.17) is 0 Å². The summed E-state index contributed by atoms with van der Waals surface area (Å²) in [4.78, 5) is 0. The van der Waals surface area contributed by atoms with Gasteiger partial charge in [-0.2, -0.15) is 0 Å². The van der Waals surface area contributed by atoms with Crippen LogP contribution >= 0.6 is 0 Å². The van der Waals surface area contributed by atoms with Gasteiger partial charge in [-0.25, -0.2) is 0 Å². The smallest absolute Gasteiger partial charge is 0.0323 e. The zero-order valence-electron chi connectivity index (χ0n) is 13.4. The van der Waals surface area contributed by atoms with Crippen LogP contribution in [0, 0.1) is 0 Å². The highest BCUT2D eigenvalue weighted by atomic mass is 14.9. The summed E-state index contributed by atoms with van der Waals surface area (Å²) < 4.78 is 0. The van der Waals surface area contributed by atoms with Gasteiger partial charge >= 0.3 is 0 Å². The monoisotopic (exact) mass is 279 g/mol. The van der Waals surface area contributed by atoms with Crippen molar-refractivity contribution >= 4 is 0 Å². The van der Waals surface area contributed by atoms with Crippen molar-refractivity contribution < 1.29 is 0 Å². The largest absolute Gasteiger partial charge is 0.313 e. The minimum absolute atomic E-state index is 0.544. The van der Waals surface area contributed by atoms with E-state index in [2.05, 4.69) is 62.6 Å². The normalized spacial score (nSPS) is 17.0. The first-order valence-electron chi connectivity index (χ1n) is 8.19. The molecule has 0 fully saturated rings. The summed E-state index contributed by atoms with van der Waals surface area (Å²) in [6, 6.07) is 14.5. The van der Waals surface area contributed by atoms with Crippen LogP contribution in [0.2, 0.25) is 0 Å². The molecule has 1 nitrogen and oxygen atoms in total. The number of aryl methyl sites for hydroxylation is 3. The Bertz CT molecular complexity index is 642. The fourth-order valence-corrected chi connectivity index (χ4v) is 3.58. The summed E-state index contributed by atoms with van der Waals surface area (Å²) in [7, 11) is 2.06. The molecule has 1 aliphatic rings. The molecule has 1 N–H and O–H groups in total. The van der Waals surface area contributed by atoms with Crippen LogP contribution < -0.4 is 5.32 Å². The van der Waals surface area contributed by atoms with E-state index in [1.807, 2.05) is 0 Å². The quantitative estimate of drug-likeness (QED) is 0.856. The highest BCUT2D eigenvalue weighted by molar-refractivity contribution is 5.67. The van der Waals surface area contributed by atoms with Crippen LogP contribution in [0.4, 0.5) is 0 Å². The van der Waals surface area contributed by atoms with E-state index < -0.39 is 0 Å². The van der Waals surface area contributed by atoms with Gasteiger partial charge in [-0.15, -0.1) is 0 Å². The summed E-state index contributed by atoms with van der Waals surface area (Å²) in [6.07, 6.45) is 4.66. The molecule has 3 rings (SSSR count). The van der Waals surface area contributed by atoms with Gasteiger partial charge < -0.3 is 5.32 Å². The van der Waals surface area contributed by atoms with Gasteiger partial charge in [0.15, 0.2) is 0 Å². The van der Waals surface area contributed by atoms with Gasteiger partial charge in [-0.05, 0) is 66.1 Å². The average molecular weight is 279 g/mol. The Kier molecular flexibility index (Phi) is 4.12. The molecule has 1 aliphatic carbocycles. The summed E-state index contributed by atoms with van der Waals surface area (Å²) in [6.45, 7) is 4.49. The predicted molar refractivity (Wildman–Crippen MR) is 90.8 cm³/mol. The zero-order chi connectivity index (χ0) is 14.8. The average Bonchev–Trinajstić information content (AvgIpc) is 2.96. The number of hydrogen-bond acceptors (Lipinski definition) is 1. The molecule has 21 heavy (non-hydrogen) atoms. The molecule has 1 atom stereocenters. The summed E-state index contributed by atoms with van der Waals surface area (Å²) in [5, 5.41) is 3.41. The van der Waals surface area contributed by atoms with E-state index >= 15 is 0 Å². The van der Waals surface area contributed by atoms with Crippen molar-refractivity contribution in [1.82, 2.24) is 5.32 Å². The standard InChI is InChI=1S/C20H25N/c1-4-14-6-7-16(12-15(14)5-2)17-8-10-19-18(13-17)9-11-20(19)21-3/h6-8,10,12-13,20-21H,4-5,9,11H2,1-3H3. The number of nitrogens with one attached hydrogen (secondary N) is 1. The molecule has 0 radical (unpaired) electrons. The molecule has 0 aliphatic heterocycles. The number of rotatable bonds is 4. The summed E-state index contributed by atoms with van der Waals surface area (Å²) in [5.74, 6) is 0. The molecule has 2 aromatic carbocycles. The van der Waals surface area contributed by atoms with E-state index in [9.17, 15) is 0 Å². The third-order valence-electron chi connectivity index (χ3n) is 4.87. The van der Waals surface area contributed by atoms with Crippen molar-refractivity contribution in [1.29, 1.82) is 0 Å². The molecule has 0 aromatic heterocycles. The molecule has 0 heterocycles. The first-order chi connectivity index (χ1) is 10.3. The van der Waals surface area contributed by atoms with Gasteiger partial charge in [0.05, 0.1) is 0 Å². The Morgan fingerprint density at radius 3 is 2.38 bits per heavy atom. The lowest BCUT2D eigenvalue weighted by Gasteiger charge is -2.12. The van der Waals surface area contributed by atoms with Crippen molar-refractivity contribution in [3.05, 3.63) is 58.7 Å². The zero-order valence-corrected chi connectivity index (χ0v) is 13.4. The van der Waals surface area contributed by atoms with Gasteiger partial charge in [-0.3, -0.25) is 0 Å². The highest BCUT2D eigenvalue weighted by Crippen LogP contribution is 2.34. The lowest BCUT2D eigenvalue weighted by atomic mass is 9.94. The van der Waals surface area contributed by atoms with Gasteiger partial charge in [-0.1, -0.05) is 50.2 Å². The fourth-order valence-electron chi connectivity index (χ4n) is 3.58. The topological polar surface area (TPSA) is 12.0 Å². The SMILES string of the molecule is CCc1ccc(-c2ccc3c(c2)CCC3NC)cc1CC. The van der Waals surface area contributed by atoms with E-state index in [-0.39, 0.29) is 0 Å². The molecule has 2 aromatic rings. The van der Waals surface area contributed by atoms with E-state index in [1.54, 1.807) is 0 Å². The predicted octanol–water partition coefficient (Wildman–Crippen LogP) is 4.69. The van der Waals surface area contributed by atoms with E-state index in [1.165, 1.54) is 46.2 Å². The Balaban J connectivity index is 1.98. The van der Waals surface area contributed by atoms with Gasteiger partial charge in [0.1, 0.15) is 0 Å². The molecule has 0 saturated heterocycles. The van der Waals surface area contributed by atoms with Crippen LogP contribution in [0.15, 0.2) is 36.4 Å². The van der Waals surface area contributed by atoms with Crippen molar-refractivity contribution in [2.75, 3.05) is 7.05 Å². The second kappa shape index (κ2) is 6.03. The van der Waals surface area contributed by atoms with Crippen molar-refractivity contribution in [3.63, 3.8) is 0 Å². The van der Waals surface area contributed by atoms with Crippen LogP contribution in [0.25, 0.3) is 11.1 Å². The summed E-state index contributed by atoms with van der Waals surface area (Å²) >= 11 is 0. The van der Waals surface area contributed by atoms with Crippen LogP contribution in [0.3, 0.4) is 0 Å². The van der Waals surface area contributed by atoms with Crippen molar-refractivity contribution in [3.8, 4) is 11.1 Å². The van der Waals surface area contributed by atoms with Gasteiger partial charge in [0, 0.05) is 6.04 Å². The molecule has 0 amide bonds. The maximum atomic E-state index is 3.41. The Morgan fingerprint density at radius 2 is 1.67 bits per heavy atom. The Morgan fingerprint density at radius 1 is 0.952 bits per heavy atom. The third-order valence-corrected chi connectivity index (χ3v) is 4.87. The summed E-state index contributed by atoms with van der Waals surface area (Å²) in [5.41, 5.74) is 8.70.